The van der Waals surface area contributed by atoms with E-state index in [1.165, 1.54) is 0 Å². The second kappa shape index (κ2) is 6.52. The molecule has 1 rings (SSSR count). The van der Waals surface area contributed by atoms with Crippen molar-refractivity contribution >= 4 is 26.0 Å². The van der Waals surface area contributed by atoms with Crippen LogP contribution in [0.2, 0.25) is 0 Å². The van der Waals surface area contributed by atoms with Crippen molar-refractivity contribution in [3.8, 4) is 0 Å². The SMILES string of the molecule is CC(C)CNS(=O)(=O)c1ccc(CCBr)cc1. The highest BCUT2D eigenvalue weighted by Crippen LogP contribution is 2.11. The van der Waals surface area contributed by atoms with Gasteiger partial charge < -0.3 is 0 Å². The predicted octanol–water partition coefficient (Wildman–Crippen LogP) is 2.56. The number of benzene rings is 1. The molecule has 5 heteroatoms. The highest BCUT2D eigenvalue weighted by Gasteiger charge is 2.13. The summed E-state index contributed by atoms with van der Waals surface area (Å²) < 4.78 is 26.4. The monoisotopic (exact) mass is 319 g/mol. The molecule has 0 unspecified atom stereocenters. The Hall–Kier alpha value is -0.390. The fourth-order valence-corrected chi connectivity index (χ4v) is 2.98. The molecular formula is C12H18BrNO2S. The number of rotatable bonds is 6. The Bertz CT molecular complexity index is 440. The van der Waals surface area contributed by atoms with Crippen LogP contribution in [0.5, 0.6) is 0 Å². The van der Waals surface area contributed by atoms with Crippen LogP contribution < -0.4 is 4.72 Å². The van der Waals surface area contributed by atoms with Crippen LogP contribution >= 0.6 is 15.9 Å². The molecule has 0 saturated heterocycles. The van der Waals surface area contributed by atoms with Crippen molar-refractivity contribution in [1.82, 2.24) is 4.72 Å². The largest absolute Gasteiger partial charge is 0.240 e. The Morgan fingerprint density at radius 2 is 1.82 bits per heavy atom. The fraction of sp³-hybridized carbons (Fsp3) is 0.500. The minimum atomic E-state index is -3.35. The Labute approximate surface area is 112 Å². The van der Waals surface area contributed by atoms with E-state index in [2.05, 4.69) is 20.7 Å². The van der Waals surface area contributed by atoms with E-state index in [-0.39, 0.29) is 0 Å². The zero-order valence-electron chi connectivity index (χ0n) is 10.1. The second-order valence-corrected chi connectivity index (χ2v) is 6.89. The summed E-state index contributed by atoms with van der Waals surface area (Å²) in [7, 11) is -3.35. The molecule has 0 bridgehead atoms. The van der Waals surface area contributed by atoms with Crippen LogP contribution in [0.4, 0.5) is 0 Å². The van der Waals surface area contributed by atoms with Crippen LogP contribution in [0, 0.1) is 5.92 Å². The van der Waals surface area contributed by atoms with Gasteiger partial charge in [-0.05, 0) is 30.0 Å². The van der Waals surface area contributed by atoms with Gasteiger partial charge in [0, 0.05) is 11.9 Å². The van der Waals surface area contributed by atoms with Crippen molar-refractivity contribution in [3.63, 3.8) is 0 Å². The number of halogens is 1. The third-order valence-corrected chi connectivity index (χ3v) is 4.13. The van der Waals surface area contributed by atoms with Gasteiger partial charge in [0.05, 0.1) is 4.90 Å². The van der Waals surface area contributed by atoms with Gasteiger partial charge in [-0.2, -0.15) is 0 Å². The van der Waals surface area contributed by atoms with Crippen LogP contribution in [-0.4, -0.2) is 20.3 Å². The van der Waals surface area contributed by atoms with Crippen molar-refractivity contribution in [2.75, 3.05) is 11.9 Å². The first kappa shape index (κ1) is 14.7. The van der Waals surface area contributed by atoms with Crippen LogP contribution in [0.1, 0.15) is 19.4 Å². The lowest BCUT2D eigenvalue weighted by molar-refractivity contribution is 0.560. The summed E-state index contributed by atoms with van der Waals surface area (Å²) in [5, 5.41) is 0.880. The van der Waals surface area contributed by atoms with Gasteiger partial charge in [-0.1, -0.05) is 41.9 Å². The summed E-state index contributed by atoms with van der Waals surface area (Å²) in [6.45, 7) is 4.41. The summed E-state index contributed by atoms with van der Waals surface area (Å²) in [6, 6.07) is 7.01. The number of hydrogen-bond donors (Lipinski definition) is 1. The van der Waals surface area contributed by atoms with Crippen molar-refractivity contribution in [1.29, 1.82) is 0 Å². The summed E-state index contributed by atoms with van der Waals surface area (Å²) >= 11 is 3.35. The third-order valence-electron chi connectivity index (χ3n) is 2.30. The molecular weight excluding hydrogens is 302 g/mol. The maximum absolute atomic E-state index is 11.9. The van der Waals surface area contributed by atoms with E-state index in [9.17, 15) is 8.42 Å². The van der Waals surface area contributed by atoms with Crippen molar-refractivity contribution in [2.45, 2.75) is 25.2 Å². The molecule has 0 aromatic heterocycles. The van der Waals surface area contributed by atoms with Gasteiger partial charge in [-0.3, -0.25) is 0 Å². The van der Waals surface area contributed by atoms with Gasteiger partial charge in [0.1, 0.15) is 0 Å². The topological polar surface area (TPSA) is 46.2 Å². The van der Waals surface area contributed by atoms with E-state index >= 15 is 0 Å². The van der Waals surface area contributed by atoms with Crippen LogP contribution in [0.25, 0.3) is 0 Å². The van der Waals surface area contributed by atoms with E-state index in [0.717, 1.165) is 17.3 Å². The Kier molecular flexibility index (Phi) is 5.62. The Balaban J connectivity index is 2.77. The van der Waals surface area contributed by atoms with E-state index < -0.39 is 10.0 Å². The zero-order valence-corrected chi connectivity index (χ0v) is 12.5. The number of aryl methyl sites for hydroxylation is 1. The molecule has 1 aromatic rings. The minimum Gasteiger partial charge on any atom is -0.211 e. The quantitative estimate of drug-likeness (QED) is 0.819. The normalized spacial score (nSPS) is 12.0. The van der Waals surface area contributed by atoms with Gasteiger partial charge in [-0.25, -0.2) is 13.1 Å². The van der Waals surface area contributed by atoms with Gasteiger partial charge in [0.15, 0.2) is 0 Å². The summed E-state index contributed by atoms with van der Waals surface area (Å²) in [5.74, 6) is 0.303. The predicted molar refractivity (Wildman–Crippen MR) is 74.0 cm³/mol. The molecule has 1 aromatic carbocycles. The molecule has 0 heterocycles. The average Bonchev–Trinajstić information content (AvgIpc) is 2.28. The number of alkyl halides is 1. The van der Waals surface area contributed by atoms with Crippen molar-refractivity contribution < 1.29 is 8.42 Å². The molecule has 0 aliphatic carbocycles. The van der Waals surface area contributed by atoms with Crippen molar-refractivity contribution in [3.05, 3.63) is 29.8 Å². The summed E-state index contributed by atoms with van der Waals surface area (Å²) in [6.07, 6.45) is 0.903. The zero-order chi connectivity index (χ0) is 12.9. The van der Waals surface area contributed by atoms with Crippen LogP contribution in [0.15, 0.2) is 29.2 Å². The fourth-order valence-electron chi connectivity index (χ4n) is 1.30. The Morgan fingerprint density at radius 3 is 2.29 bits per heavy atom. The van der Waals surface area contributed by atoms with E-state index in [0.29, 0.717) is 17.4 Å². The third kappa shape index (κ3) is 4.77. The smallest absolute Gasteiger partial charge is 0.211 e. The minimum absolute atomic E-state index is 0.303. The molecule has 0 saturated carbocycles. The number of hydrogen-bond acceptors (Lipinski definition) is 2. The van der Waals surface area contributed by atoms with E-state index in [4.69, 9.17) is 0 Å². The summed E-state index contributed by atoms with van der Waals surface area (Å²) in [4.78, 5) is 0.330. The van der Waals surface area contributed by atoms with Gasteiger partial charge in [0.25, 0.3) is 0 Å². The van der Waals surface area contributed by atoms with Crippen LogP contribution in [-0.2, 0) is 16.4 Å². The molecule has 0 aliphatic rings. The standard InChI is InChI=1S/C12H18BrNO2S/c1-10(2)9-14-17(15,16)12-5-3-11(4-6-12)7-8-13/h3-6,10,14H,7-9H2,1-2H3. The maximum Gasteiger partial charge on any atom is 0.240 e. The molecule has 0 atom stereocenters. The van der Waals surface area contributed by atoms with E-state index in [1.54, 1.807) is 12.1 Å². The van der Waals surface area contributed by atoms with Gasteiger partial charge >= 0.3 is 0 Å². The van der Waals surface area contributed by atoms with Gasteiger partial charge in [-0.15, -0.1) is 0 Å². The molecule has 0 aliphatic heterocycles. The number of nitrogens with one attached hydrogen (secondary N) is 1. The molecule has 17 heavy (non-hydrogen) atoms. The maximum atomic E-state index is 11.9. The van der Waals surface area contributed by atoms with Gasteiger partial charge in [0.2, 0.25) is 10.0 Å². The van der Waals surface area contributed by atoms with E-state index in [1.807, 2.05) is 26.0 Å². The molecule has 0 radical (unpaired) electrons. The molecule has 0 amide bonds. The summed E-state index contributed by atoms with van der Waals surface area (Å²) in [5.41, 5.74) is 1.13. The first-order chi connectivity index (χ1) is 7.95. The first-order valence-electron chi connectivity index (χ1n) is 5.60. The first-order valence-corrected chi connectivity index (χ1v) is 8.20. The lowest BCUT2D eigenvalue weighted by atomic mass is 10.2. The molecule has 1 N–H and O–H groups in total. The van der Waals surface area contributed by atoms with Crippen LogP contribution in [0.3, 0.4) is 0 Å². The molecule has 96 valence electrons. The van der Waals surface area contributed by atoms with Crippen molar-refractivity contribution in [2.24, 2.45) is 5.92 Å². The molecule has 0 fully saturated rings. The number of sulfonamides is 1. The highest BCUT2D eigenvalue weighted by atomic mass is 79.9. The average molecular weight is 320 g/mol. The Morgan fingerprint density at radius 1 is 1.24 bits per heavy atom. The molecule has 0 spiro atoms. The molecule has 3 nitrogen and oxygen atoms in total. The lowest BCUT2D eigenvalue weighted by Gasteiger charge is -2.09. The highest BCUT2D eigenvalue weighted by molar-refractivity contribution is 9.09. The lowest BCUT2D eigenvalue weighted by Crippen LogP contribution is -2.27. The second-order valence-electron chi connectivity index (χ2n) is 4.33.